The number of H-pyrrole nitrogens is 1. The number of aryl methyl sites for hydroxylation is 1. The number of hydrogen-bond acceptors (Lipinski definition) is 5. The molecule has 1 amide bonds. The highest BCUT2D eigenvalue weighted by atomic mass is 16.5. The van der Waals surface area contributed by atoms with Gasteiger partial charge in [0.1, 0.15) is 0 Å². The molecule has 0 bridgehead atoms. The second-order valence-corrected chi connectivity index (χ2v) is 7.10. The van der Waals surface area contributed by atoms with Crippen molar-refractivity contribution in [1.29, 1.82) is 0 Å². The molecule has 4 rings (SSSR count). The summed E-state index contributed by atoms with van der Waals surface area (Å²) in [7, 11) is 0. The van der Waals surface area contributed by atoms with E-state index in [1.165, 1.54) is 0 Å². The van der Waals surface area contributed by atoms with Crippen molar-refractivity contribution in [2.75, 3.05) is 26.3 Å². The number of hydrogen-bond donors (Lipinski definition) is 3. The van der Waals surface area contributed by atoms with Gasteiger partial charge >= 0.3 is 0 Å². The Morgan fingerprint density at radius 2 is 2.08 bits per heavy atom. The summed E-state index contributed by atoms with van der Waals surface area (Å²) in [6, 6.07) is -0.0919. The van der Waals surface area contributed by atoms with Crippen LogP contribution >= 0.6 is 0 Å². The lowest BCUT2D eigenvalue weighted by Crippen LogP contribution is -2.58. The van der Waals surface area contributed by atoms with E-state index >= 15 is 0 Å². The van der Waals surface area contributed by atoms with Gasteiger partial charge in [-0.2, -0.15) is 5.10 Å². The Bertz CT molecular complexity index is 597. The summed E-state index contributed by atoms with van der Waals surface area (Å²) < 4.78 is 5.40. The molecule has 1 aliphatic heterocycles. The predicted molar refractivity (Wildman–Crippen MR) is 87.9 cm³/mol. The Labute approximate surface area is 141 Å². The number of ether oxygens (including phenoxy) is 1. The van der Waals surface area contributed by atoms with Gasteiger partial charge in [-0.05, 0) is 38.5 Å². The highest BCUT2D eigenvalue weighted by Crippen LogP contribution is 2.26. The molecule has 7 nitrogen and oxygen atoms in total. The first kappa shape index (κ1) is 16.1. The molecule has 1 saturated carbocycles. The van der Waals surface area contributed by atoms with Gasteiger partial charge in [-0.1, -0.05) is 0 Å². The highest BCUT2D eigenvalue weighted by Gasteiger charge is 2.37. The Morgan fingerprint density at radius 3 is 2.92 bits per heavy atom. The molecule has 0 spiro atoms. The maximum Gasteiger partial charge on any atom is 0.272 e. The molecule has 7 heteroatoms. The number of nitrogens with one attached hydrogen (secondary N) is 2. The van der Waals surface area contributed by atoms with Crippen LogP contribution in [0.2, 0.25) is 0 Å². The van der Waals surface area contributed by atoms with Crippen LogP contribution in [0.25, 0.3) is 0 Å². The molecule has 2 fully saturated rings. The van der Waals surface area contributed by atoms with Crippen LogP contribution in [0, 0.1) is 0 Å². The third-order valence-corrected chi connectivity index (χ3v) is 5.67. The third-order valence-electron chi connectivity index (χ3n) is 5.67. The number of aliphatic hydroxyl groups is 1. The molecule has 0 aromatic carbocycles. The van der Waals surface area contributed by atoms with Gasteiger partial charge < -0.3 is 15.2 Å². The quantitative estimate of drug-likeness (QED) is 0.737. The zero-order valence-electron chi connectivity index (χ0n) is 14.0. The number of fused-ring (bicyclic) bond motifs is 1. The largest absolute Gasteiger partial charge is 0.389 e. The van der Waals surface area contributed by atoms with E-state index in [1.807, 2.05) is 0 Å². The van der Waals surface area contributed by atoms with Crippen molar-refractivity contribution < 1.29 is 14.6 Å². The van der Waals surface area contributed by atoms with Gasteiger partial charge in [0.2, 0.25) is 0 Å². The van der Waals surface area contributed by atoms with Gasteiger partial charge in [-0.15, -0.1) is 0 Å². The average molecular weight is 334 g/mol. The van der Waals surface area contributed by atoms with E-state index in [9.17, 15) is 9.90 Å². The van der Waals surface area contributed by atoms with Crippen molar-refractivity contribution in [3.8, 4) is 0 Å². The molecule has 3 atom stereocenters. The number of morpholine rings is 1. The van der Waals surface area contributed by atoms with Crippen LogP contribution in [0.1, 0.15) is 47.4 Å². The van der Waals surface area contributed by atoms with Gasteiger partial charge in [0.15, 0.2) is 5.69 Å². The molecule has 24 heavy (non-hydrogen) atoms. The van der Waals surface area contributed by atoms with Crippen LogP contribution in [0.3, 0.4) is 0 Å². The van der Waals surface area contributed by atoms with Crippen LogP contribution < -0.4 is 5.32 Å². The minimum absolute atomic E-state index is 0.109. The van der Waals surface area contributed by atoms with Crippen molar-refractivity contribution in [2.24, 2.45) is 0 Å². The summed E-state index contributed by atoms with van der Waals surface area (Å²) in [5.41, 5.74) is 2.67. The van der Waals surface area contributed by atoms with Gasteiger partial charge in [0.05, 0.1) is 25.4 Å². The summed E-state index contributed by atoms with van der Waals surface area (Å²) in [5.74, 6) is -0.152. The van der Waals surface area contributed by atoms with Crippen molar-refractivity contribution in [2.45, 2.75) is 56.7 Å². The van der Waals surface area contributed by atoms with Crippen LogP contribution in [0.4, 0.5) is 0 Å². The van der Waals surface area contributed by atoms with Gasteiger partial charge in [-0.3, -0.25) is 14.8 Å². The molecule has 1 aromatic heterocycles. The topological polar surface area (TPSA) is 90.5 Å². The summed E-state index contributed by atoms with van der Waals surface area (Å²) in [5, 5.41) is 21.0. The minimum Gasteiger partial charge on any atom is -0.389 e. The number of rotatable bonds is 3. The second-order valence-electron chi connectivity index (χ2n) is 7.10. The molecule has 0 radical (unpaired) electrons. The maximum atomic E-state index is 12.6. The standard InChI is InChI=1S/C17H26N4O3/c22-16-13(5-2-6-14(16)21-7-9-24-10-8-21)18-17(23)15-11-3-1-4-12(11)19-20-15/h13-14,16,22H,1-10H2,(H,18,23)(H,19,20)/t13-,14-,16-/m1/s1. The highest BCUT2D eigenvalue weighted by molar-refractivity contribution is 5.94. The maximum absolute atomic E-state index is 12.6. The second kappa shape index (κ2) is 6.82. The summed E-state index contributed by atoms with van der Waals surface area (Å²) in [4.78, 5) is 14.9. The first-order chi connectivity index (χ1) is 11.7. The van der Waals surface area contributed by atoms with E-state index in [0.717, 1.165) is 76.1 Å². The number of nitrogens with zero attached hydrogens (tertiary/aromatic N) is 2. The Hall–Kier alpha value is -1.44. The lowest BCUT2D eigenvalue weighted by Gasteiger charge is -2.42. The molecular weight excluding hydrogens is 308 g/mol. The fourth-order valence-electron chi connectivity index (χ4n) is 4.37. The molecular formula is C17H26N4O3. The summed E-state index contributed by atoms with van der Waals surface area (Å²) in [6.07, 6.45) is 5.25. The van der Waals surface area contributed by atoms with Crippen molar-refractivity contribution in [1.82, 2.24) is 20.4 Å². The van der Waals surface area contributed by atoms with E-state index in [4.69, 9.17) is 4.74 Å². The molecule has 3 aliphatic rings. The van der Waals surface area contributed by atoms with Gasteiger partial charge in [-0.25, -0.2) is 0 Å². The van der Waals surface area contributed by atoms with Crippen LogP contribution in [0.15, 0.2) is 0 Å². The van der Waals surface area contributed by atoms with Crippen molar-refractivity contribution >= 4 is 5.91 Å². The number of carbonyl (C=O) groups excluding carboxylic acids is 1. The molecule has 132 valence electrons. The Balaban J connectivity index is 1.42. The fourth-order valence-corrected chi connectivity index (χ4v) is 4.37. The monoisotopic (exact) mass is 334 g/mol. The minimum atomic E-state index is -0.534. The predicted octanol–water partition coefficient (Wildman–Crippen LogP) is 0.242. The summed E-state index contributed by atoms with van der Waals surface area (Å²) in [6.45, 7) is 3.16. The van der Waals surface area contributed by atoms with Gasteiger partial charge in [0.25, 0.3) is 5.91 Å². The van der Waals surface area contributed by atoms with E-state index in [-0.39, 0.29) is 18.0 Å². The van der Waals surface area contributed by atoms with E-state index in [0.29, 0.717) is 5.69 Å². The molecule has 1 aromatic rings. The van der Waals surface area contributed by atoms with Crippen molar-refractivity contribution in [3.05, 3.63) is 17.0 Å². The molecule has 2 heterocycles. The number of aromatic amines is 1. The fraction of sp³-hybridized carbons (Fsp3) is 0.765. The lowest BCUT2D eigenvalue weighted by atomic mass is 9.86. The van der Waals surface area contributed by atoms with Crippen molar-refractivity contribution in [3.63, 3.8) is 0 Å². The van der Waals surface area contributed by atoms with E-state index in [1.54, 1.807) is 0 Å². The smallest absolute Gasteiger partial charge is 0.272 e. The van der Waals surface area contributed by atoms with Gasteiger partial charge in [0, 0.05) is 30.4 Å². The molecule has 2 aliphatic carbocycles. The molecule has 3 N–H and O–H groups in total. The zero-order valence-corrected chi connectivity index (χ0v) is 14.0. The number of carbonyl (C=O) groups is 1. The van der Waals surface area contributed by atoms with E-state index in [2.05, 4.69) is 20.4 Å². The first-order valence-corrected chi connectivity index (χ1v) is 9.11. The number of aliphatic hydroxyl groups excluding tert-OH is 1. The average Bonchev–Trinajstić information content (AvgIpc) is 3.21. The lowest BCUT2D eigenvalue weighted by molar-refractivity contribution is -0.0459. The normalized spacial score (nSPS) is 31.0. The number of amides is 1. The van der Waals surface area contributed by atoms with Crippen LogP contribution in [-0.4, -0.2) is 70.6 Å². The zero-order chi connectivity index (χ0) is 16.5. The Morgan fingerprint density at radius 1 is 1.25 bits per heavy atom. The number of aromatic nitrogens is 2. The molecule has 1 saturated heterocycles. The SMILES string of the molecule is O=C(N[C@@H]1CCC[C@@H](N2CCOCC2)[C@@H]1O)c1n[nH]c2c1CCC2. The van der Waals surface area contributed by atoms with E-state index < -0.39 is 6.10 Å². The summed E-state index contributed by atoms with van der Waals surface area (Å²) >= 11 is 0. The van der Waals surface area contributed by atoms with Crippen LogP contribution in [-0.2, 0) is 17.6 Å². The van der Waals surface area contributed by atoms with Crippen LogP contribution in [0.5, 0.6) is 0 Å². The first-order valence-electron chi connectivity index (χ1n) is 9.11. The molecule has 0 unspecified atom stereocenters. The Kier molecular flexibility index (Phi) is 4.56. The third kappa shape index (κ3) is 2.96.